The van der Waals surface area contributed by atoms with Gasteiger partial charge in [-0.2, -0.15) is 0 Å². The summed E-state index contributed by atoms with van der Waals surface area (Å²) in [6.45, 7) is 0. The summed E-state index contributed by atoms with van der Waals surface area (Å²) in [7, 11) is 0.0529. The SMILES string of the molecule is COc1cc(S(=O)(=O)c2ccccc2)cc2c3c(n(C)c12)CC1CCC3N1.Cl. The van der Waals surface area contributed by atoms with E-state index >= 15 is 0 Å². The summed E-state index contributed by atoms with van der Waals surface area (Å²) in [4.78, 5) is 0.585. The number of nitrogens with one attached hydrogen (secondary N) is 1. The quantitative estimate of drug-likeness (QED) is 0.703. The predicted molar refractivity (Wildman–Crippen MR) is 111 cm³/mol. The molecule has 1 saturated heterocycles. The Morgan fingerprint density at radius 3 is 2.57 bits per heavy atom. The summed E-state index contributed by atoms with van der Waals surface area (Å²) in [5.41, 5.74) is 3.51. The smallest absolute Gasteiger partial charge is 0.206 e. The second kappa shape index (κ2) is 6.79. The Bertz CT molecular complexity index is 1160. The fraction of sp³-hybridized carbons (Fsp3) is 0.333. The highest BCUT2D eigenvalue weighted by molar-refractivity contribution is 7.91. The number of nitrogens with zero attached hydrogens (tertiary/aromatic N) is 1. The number of ether oxygens (including phenoxy) is 1. The molecule has 3 heterocycles. The van der Waals surface area contributed by atoms with E-state index in [0.717, 1.165) is 23.7 Å². The van der Waals surface area contributed by atoms with Crippen molar-refractivity contribution >= 4 is 33.1 Å². The summed E-state index contributed by atoms with van der Waals surface area (Å²) >= 11 is 0. The maximum Gasteiger partial charge on any atom is 0.206 e. The number of benzene rings is 2. The molecule has 0 radical (unpaired) electrons. The highest BCUT2D eigenvalue weighted by atomic mass is 35.5. The summed E-state index contributed by atoms with van der Waals surface area (Å²) < 4.78 is 34.2. The minimum absolute atomic E-state index is 0. The average molecular weight is 419 g/mol. The van der Waals surface area contributed by atoms with E-state index in [2.05, 4.69) is 16.9 Å². The van der Waals surface area contributed by atoms with Crippen molar-refractivity contribution in [3.63, 3.8) is 0 Å². The number of methoxy groups -OCH3 is 1. The van der Waals surface area contributed by atoms with E-state index in [4.69, 9.17) is 4.74 Å². The van der Waals surface area contributed by atoms with Crippen LogP contribution in [0.2, 0.25) is 0 Å². The fourth-order valence-corrected chi connectivity index (χ4v) is 6.05. The van der Waals surface area contributed by atoms with Crippen LogP contribution in [-0.2, 0) is 23.3 Å². The van der Waals surface area contributed by atoms with Crippen LogP contribution in [0, 0.1) is 0 Å². The van der Waals surface area contributed by atoms with Crippen LogP contribution >= 0.6 is 12.4 Å². The third kappa shape index (κ3) is 2.66. The Labute approximate surface area is 171 Å². The lowest BCUT2D eigenvalue weighted by molar-refractivity contribution is 0.416. The first-order chi connectivity index (χ1) is 13.0. The maximum absolute atomic E-state index is 13.2. The predicted octanol–water partition coefficient (Wildman–Crippen LogP) is 3.79. The number of aromatic nitrogens is 1. The molecule has 5 nitrogen and oxygen atoms in total. The molecule has 2 aromatic carbocycles. The molecule has 28 heavy (non-hydrogen) atoms. The maximum atomic E-state index is 13.2. The van der Waals surface area contributed by atoms with Gasteiger partial charge in [-0.1, -0.05) is 18.2 Å². The Kier molecular flexibility index (Phi) is 4.68. The largest absolute Gasteiger partial charge is 0.495 e. The van der Waals surface area contributed by atoms with Crippen molar-refractivity contribution in [2.75, 3.05) is 7.11 Å². The van der Waals surface area contributed by atoms with Crippen LogP contribution in [0.15, 0.2) is 52.3 Å². The molecule has 5 rings (SSSR count). The van der Waals surface area contributed by atoms with Crippen molar-refractivity contribution in [1.82, 2.24) is 9.88 Å². The van der Waals surface area contributed by atoms with Crippen molar-refractivity contribution in [3.05, 3.63) is 53.7 Å². The van der Waals surface area contributed by atoms with Crippen LogP contribution in [0.25, 0.3) is 10.9 Å². The minimum Gasteiger partial charge on any atom is -0.495 e. The van der Waals surface area contributed by atoms with Gasteiger partial charge in [0.2, 0.25) is 9.84 Å². The van der Waals surface area contributed by atoms with Crippen LogP contribution in [0.5, 0.6) is 5.75 Å². The van der Waals surface area contributed by atoms with Gasteiger partial charge in [-0.05, 0) is 36.6 Å². The van der Waals surface area contributed by atoms with Crippen LogP contribution in [0.3, 0.4) is 0 Å². The second-order valence-corrected chi connectivity index (χ2v) is 9.40. The second-order valence-electron chi connectivity index (χ2n) is 7.46. The first-order valence-corrected chi connectivity index (χ1v) is 10.7. The molecular weight excluding hydrogens is 396 g/mol. The molecule has 2 bridgehead atoms. The van der Waals surface area contributed by atoms with Crippen molar-refractivity contribution in [3.8, 4) is 5.75 Å². The van der Waals surface area contributed by atoms with Crippen LogP contribution in [0.4, 0.5) is 0 Å². The number of fused-ring (bicyclic) bond motifs is 6. The van der Waals surface area contributed by atoms with Gasteiger partial charge in [0.25, 0.3) is 0 Å². The molecular formula is C21H23ClN2O3S. The number of hydrogen-bond donors (Lipinski definition) is 1. The third-order valence-corrected chi connectivity index (χ3v) is 7.75. The van der Waals surface area contributed by atoms with E-state index in [9.17, 15) is 8.42 Å². The fourth-order valence-electron chi connectivity index (χ4n) is 4.73. The lowest BCUT2D eigenvalue weighted by atomic mass is 9.99. The first-order valence-electron chi connectivity index (χ1n) is 9.26. The highest BCUT2D eigenvalue weighted by Crippen LogP contribution is 2.44. The van der Waals surface area contributed by atoms with E-state index in [1.165, 1.54) is 17.7 Å². The highest BCUT2D eigenvalue weighted by Gasteiger charge is 2.37. The van der Waals surface area contributed by atoms with Crippen LogP contribution in [-0.4, -0.2) is 26.1 Å². The van der Waals surface area contributed by atoms with Crippen molar-refractivity contribution in [1.29, 1.82) is 0 Å². The van der Waals surface area contributed by atoms with Gasteiger partial charge in [-0.3, -0.25) is 0 Å². The minimum atomic E-state index is -3.60. The third-order valence-electron chi connectivity index (χ3n) is 6.00. The summed E-state index contributed by atoms with van der Waals surface area (Å²) in [6, 6.07) is 12.9. The van der Waals surface area contributed by atoms with Crippen molar-refractivity contribution in [2.24, 2.45) is 7.05 Å². The van der Waals surface area contributed by atoms with E-state index in [-0.39, 0.29) is 17.3 Å². The Balaban J connectivity index is 0.00000192. The van der Waals surface area contributed by atoms with Gasteiger partial charge >= 0.3 is 0 Å². The molecule has 2 aliphatic rings. The van der Waals surface area contributed by atoms with E-state index < -0.39 is 9.84 Å². The van der Waals surface area contributed by atoms with E-state index in [1.54, 1.807) is 37.4 Å². The molecule has 7 heteroatoms. The molecule has 148 valence electrons. The van der Waals surface area contributed by atoms with Crippen LogP contribution < -0.4 is 10.1 Å². The van der Waals surface area contributed by atoms with Gasteiger partial charge in [0, 0.05) is 42.7 Å². The number of halogens is 1. The molecule has 0 amide bonds. The lowest BCUT2D eigenvalue weighted by Gasteiger charge is -2.23. The van der Waals surface area contributed by atoms with Gasteiger partial charge in [-0.25, -0.2) is 8.42 Å². The van der Waals surface area contributed by atoms with Gasteiger partial charge in [0.1, 0.15) is 5.75 Å². The average Bonchev–Trinajstić information content (AvgIpc) is 3.21. The normalized spacial score (nSPS) is 20.6. The number of hydrogen-bond acceptors (Lipinski definition) is 4. The topological polar surface area (TPSA) is 60.3 Å². The molecule has 2 unspecified atom stereocenters. The van der Waals surface area contributed by atoms with E-state index in [1.807, 2.05) is 12.1 Å². The zero-order chi connectivity index (χ0) is 18.8. The molecule has 1 fully saturated rings. The zero-order valence-corrected chi connectivity index (χ0v) is 17.4. The molecule has 0 saturated carbocycles. The van der Waals surface area contributed by atoms with E-state index in [0.29, 0.717) is 22.7 Å². The van der Waals surface area contributed by atoms with Gasteiger partial charge in [0.05, 0.1) is 22.4 Å². The molecule has 3 aromatic rings. The van der Waals surface area contributed by atoms with Gasteiger partial charge in [0.15, 0.2) is 0 Å². The number of sulfone groups is 1. The Hall–Kier alpha value is -2.02. The summed E-state index contributed by atoms with van der Waals surface area (Å²) in [5, 5.41) is 4.66. The van der Waals surface area contributed by atoms with Crippen molar-refractivity contribution in [2.45, 2.75) is 41.1 Å². The Morgan fingerprint density at radius 2 is 1.86 bits per heavy atom. The van der Waals surface area contributed by atoms with Gasteiger partial charge in [-0.15, -0.1) is 12.4 Å². The lowest BCUT2D eigenvalue weighted by Crippen LogP contribution is -2.32. The molecule has 2 aliphatic heterocycles. The van der Waals surface area contributed by atoms with Gasteiger partial charge < -0.3 is 14.6 Å². The molecule has 1 N–H and O–H groups in total. The molecule has 1 aromatic heterocycles. The molecule has 2 atom stereocenters. The summed E-state index contributed by atoms with van der Waals surface area (Å²) in [5.74, 6) is 0.606. The molecule has 0 spiro atoms. The zero-order valence-electron chi connectivity index (χ0n) is 15.8. The monoisotopic (exact) mass is 418 g/mol. The summed E-state index contributed by atoms with van der Waals surface area (Å²) in [6.07, 6.45) is 3.23. The number of aryl methyl sites for hydroxylation is 1. The first kappa shape index (κ1) is 19.3. The number of rotatable bonds is 3. The molecule has 0 aliphatic carbocycles. The van der Waals surface area contributed by atoms with Crippen molar-refractivity contribution < 1.29 is 13.2 Å². The van der Waals surface area contributed by atoms with Crippen LogP contribution in [0.1, 0.15) is 30.1 Å². The standard InChI is InChI=1S/C21H22N2O3S.ClH/c1-23-18-10-13-8-9-17(22-13)20(18)16-11-15(12-19(26-2)21(16)23)27(24,25)14-6-4-3-5-7-14;/h3-7,11-13,17,22H,8-10H2,1-2H3;1H. The Morgan fingerprint density at radius 1 is 1.11 bits per heavy atom.